The van der Waals surface area contributed by atoms with Crippen LogP contribution in [0.2, 0.25) is 0 Å². The monoisotopic (exact) mass is 328 g/mol. The van der Waals surface area contributed by atoms with Gasteiger partial charge in [-0.3, -0.25) is 11.3 Å². The van der Waals surface area contributed by atoms with Crippen molar-refractivity contribution >= 4 is 15.9 Å². The van der Waals surface area contributed by atoms with Gasteiger partial charge in [0, 0.05) is 10.0 Å². The molecule has 1 aromatic carbocycles. The van der Waals surface area contributed by atoms with Crippen LogP contribution in [0.3, 0.4) is 0 Å². The standard InChI is InChI=1S/C15H22BrFN2/c1-2-10-5-3-4-6-12(10)15(19-18)13-8-7-11(16)9-14(13)17/h7-10,12,15,19H,2-6,18H2,1H3. The van der Waals surface area contributed by atoms with Crippen LogP contribution in [-0.2, 0) is 0 Å². The molecule has 4 heteroatoms. The molecule has 0 radical (unpaired) electrons. The third kappa shape index (κ3) is 3.36. The van der Waals surface area contributed by atoms with Crippen molar-refractivity contribution in [1.29, 1.82) is 0 Å². The maximum Gasteiger partial charge on any atom is 0.129 e. The normalized spacial score (nSPS) is 25.3. The van der Waals surface area contributed by atoms with Gasteiger partial charge in [-0.05, 0) is 30.4 Å². The van der Waals surface area contributed by atoms with Crippen LogP contribution in [0.5, 0.6) is 0 Å². The highest BCUT2D eigenvalue weighted by atomic mass is 79.9. The molecule has 2 rings (SSSR count). The van der Waals surface area contributed by atoms with Gasteiger partial charge in [-0.25, -0.2) is 4.39 Å². The van der Waals surface area contributed by atoms with E-state index in [-0.39, 0.29) is 11.9 Å². The summed E-state index contributed by atoms with van der Waals surface area (Å²) in [6.45, 7) is 2.22. The van der Waals surface area contributed by atoms with Crippen LogP contribution in [0.25, 0.3) is 0 Å². The van der Waals surface area contributed by atoms with Crippen molar-refractivity contribution < 1.29 is 4.39 Å². The first-order chi connectivity index (χ1) is 9.17. The van der Waals surface area contributed by atoms with Gasteiger partial charge in [0.2, 0.25) is 0 Å². The molecule has 0 amide bonds. The summed E-state index contributed by atoms with van der Waals surface area (Å²) >= 11 is 3.30. The lowest BCUT2D eigenvalue weighted by atomic mass is 9.72. The molecule has 2 nitrogen and oxygen atoms in total. The number of hydrogen-bond acceptors (Lipinski definition) is 2. The Balaban J connectivity index is 2.27. The van der Waals surface area contributed by atoms with Crippen molar-refractivity contribution in [2.24, 2.45) is 17.7 Å². The summed E-state index contributed by atoms with van der Waals surface area (Å²) in [6, 6.07) is 5.15. The summed E-state index contributed by atoms with van der Waals surface area (Å²) in [7, 11) is 0. The first-order valence-electron chi connectivity index (χ1n) is 7.08. The second-order valence-corrected chi connectivity index (χ2v) is 6.34. The molecule has 3 atom stereocenters. The molecule has 1 saturated carbocycles. The lowest BCUT2D eigenvalue weighted by Crippen LogP contribution is -2.38. The molecule has 0 aromatic heterocycles. The number of halogens is 2. The van der Waals surface area contributed by atoms with Crippen molar-refractivity contribution in [2.45, 2.75) is 45.1 Å². The third-order valence-electron chi connectivity index (χ3n) is 4.40. The van der Waals surface area contributed by atoms with Crippen molar-refractivity contribution in [1.82, 2.24) is 5.43 Å². The van der Waals surface area contributed by atoms with Gasteiger partial charge in [-0.15, -0.1) is 0 Å². The van der Waals surface area contributed by atoms with E-state index < -0.39 is 0 Å². The van der Waals surface area contributed by atoms with Crippen molar-refractivity contribution in [3.63, 3.8) is 0 Å². The van der Waals surface area contributed by atoms with Crippen LogP contribution in [0, 0.1) is 17.7 Å². The SMILES string of the molecule is CCC1CCCCC1C(NN)c1ccc(Br)cc1F. The van der Waals surface area contributed by atoms with E-state index in [0.29, 0.717) is 17.4 Å². The van der Waals surface area contributed by atoms with Crippen LogP contribution >= 0.6 is 15.9 Å². The van der Waals surface area contributed by atoms with Crippen LogP contribution < -0.4 is 11.3 Å². The van der Waals surface area contributed by atoms with Crippen molar-refractivity contribution in [2.75, 3.05) is 0 Å². The summed E-state index contributed by atoms with van der Waals surface area (Å²) < 4.78 is 14.9. The smallest absolute Gasteiger partial charge is 0.129 e. The highest BCUT2D eigenvalue weighted by molar-refractivity contribution is 9.10. The predicted octanol–water partition coefficient (Wildman–Crippen LogP) is 4.31. The van der Waals surface area contributed by atoms with Gasteiger partial charge in [-0.1, -0.05) is 54.6 Å². The molecular weight excluding hydrogens is 307 g/mol. The minimum atomic E-state index is -0.183. The largest absolute Gasteiger partial charge is 0.271 e. The van der Waals surface area contributed by atoms with E-state index in [1.807, 2.05) is 12.1 Å². The molecule has 106 valence electrons. The molecular formula is C15H22BrFN2. The molecule has 0 aliphatic heterocycles. The maximum absolute atomic E-state index is 14.1. The van der Waals surface area contributed by atoms with E-state index in [0.717, 1.165) is 17.3 Å². The molecule has 0 heterocycles. The van der Waals surface area contributed by atoms with E-state index in [4.69, 9.17) is 5.84 Å². The first-order valence-corrected chi connectivity index (χ1v) is 7.87. The summed E-state index contributed by atoms with van der Waals surface area (Å²) in [6.07, 6.45) is 6.01. The summed E-state index contributed by atoms with van der Waals surface area (Å²) in [4.78, 5) is 0. The average Bonchev–Trinajstić information content (AvgIpc) is 2.42. The van der Waals surface area contributed by atoms with Crippen LogP contribution in [0.1, 0.15) is 50.6 Å². The Kier molecular flexibility index (Phi) is 5.37. The molecule has 1 aliphatic rings. The molecule has 1 fully saturated rings. The number of nitrogens with one attached hydrogen (secondary N) is 1. The number of rotatable bonds is 4. The fourth-order valence-corrected chi connectivity index (χ4v) is 3.71. The van der Waals surface area contributed by atoms with Crippen molar-refractivity contribution in [3.8, 4) is 0 Å². The number of hydrogen-bond donors (Lipinski definition) is 2. The minimum Gasteiger partial charge on any atom is -0.271 e. The van der Waals surface area contributed by atoms with Gasteiger partial charge in [0.05, 0.1) is 6.04 Å². The Labute approximate surface area is 123 Å². The van der Waals surface area contributed by atoms with Crippen LogP contribution in [0.4, 0.5) is 4.39 Å². The molecule has 1 aliphatic carbocycles. The molecule has 0 saturated heterocycles. The maximum atomic E-state index is 14.1. The lowest BCUT2D eigenvalue weighted by Gasteiger charge is -2.37. The molecule has 3 unspecified atom stereocenters. The van der Waals surface area contributed by atoms with E-state index in [1.54, 1.807) is 0 Å². The van der Waals surface area contributed by atoms with E-state index in [1.165, 1.54) is 25.3 Å². The molecule has 0 spiro atoms. The zero-order chi connectivity index (χ0) is 13.8. The zero-order valence-corrected chi connectivity index (χ0v) is 12.9. The topological polar surface area (TPSA) is 38.0 Å². The van der Waals surface area contributed by atoms with E-state index >= 15 is 0 Å². The lowest BCUT2D eigenvalue weighted by molar-refractivity contribution is 0.173. The quantitative estimate of drug-likeness (QED) is 0.638. The van der Waals surface area contributed by atoms with Gasteiger partial charge < -0.3 is 0 Å². The first kappa shape index (κ1) is 14.9. The van der Waals surface area contributed by atoms with Gasteiger partial charge in [0.1, 0.15) is 5.82 Å². The molecule has 1 aromatic rings. The Hall–Kier alpha value is -0.450. The predicted molar refractivity (Wildman–Crippen MR) is 79.9 cm³/mol. The Bertz CT molecular complexity index is 425. The third-order valence-corrected chi connectivity index (χ3v) is 4.89. The van der Waals surface area contributed by atoms with Crippen molar-refractivity contribution in [3.05, 3.63) is 34.1 Å². The second kappa shape index (κ2) is 6.82. The number of nitrogens with two attached hydrogens (primary N) is 1. The Morgan fingerprint density at radius 3 is 2.79 bits per heavy atom. The molecule has 19 heavy (non-hydrogen) atoms. The Morgan fingerprint density at radius 2 is 2.16 bits per heavy atom. The fraction of sp³-hybridized carbons (Fsp3) is 0.600. The molecule has 3 N–H and O–H groups in total. The van der Waals surface area contributed by atoms with Gasteiger partial charge in [0.15, 0.2) is 0 Å². The van der Waals surface area contributed by atoms with Crippen LogP contribution in [-0.4, -0.2) is 0 Å². The zero-order valence-electron chi connectivity index (χ0n) is 11.3. The summed E-state index contributed by atoms with van der Waals surface area (Å²) in [5.74, 6) is 6.62. The highest BCUT2D eigenvalue weighted by Gasteiger charge is 2.32. The van der Waals surface area contributed by atoms with Gasteiger partial charge in [0.25, 0.3) is 0 Å². The second-order valence-electron chi connectivity index (χ2n) is 5.43. The van der Waals surface area contributed by atoms with Gasteiger partial charge >= 0.3 is 0 Å². The Morgan fingerprint density at radius 1 is 1.42 bits per heavy atom. The van der Waals surface area contributed by atoms with E-state index in [2.05, 4.69) is 28.3 Å². The average molecular weight is 329 g/mol. The number of benzene rings is 1. The highest BCUT2D eigenvalue weighted by Crippen LogP contribution is 2.40. The molecule has 0 bridgehead atoms. The minimum absolute atomic E-state index is 0.0849. The summed E-state index contributed by atoms with van der Waals surface area (Å²) in [5.41, 5.74) is 3.55. The summed E-state index contributed by atoms with van der Waals surface area (Å²) in [5, 5.41) is 0. The van der Waals surface area contributed by atoms with Gasteiger partial charge in [-0.2, -0.15) is 0 Å². The number of hydrazine groups is 1. The van der Waals surface area contributed by atoms with Crippen LogP contribution in [0.15, 0.2) is 22.7 Å². The van der Waals surface area contributed by atoms with E-state index in [9.17, 15) is 4.39 Å². The fourth-order valence-electron chi connectivity index (χ4n) is 3.38.